The van der Waals surface area contributed by atoms with Gasteiger partial charge in [0.2, 0.25) is 0 Å². The number of ether oxygens (including phenoxy) is 3. The maximum absolute atomic E-state index is 13.5. The lowest BCUT2D eigenvalue weighted by atomic mass is 9.50. The van der Waals surface area contributed by atoms with Crippen LogP contribution in [0.15, 0.2) is 71.7 Å². The third kappa shape index (κ3) is 4.33. The Morgan fingerprint density at radius 3 is 2.73 bits per heavy atom. The molecule has 220 valence electrons. The Morgan fingerprint density at radius 1 is 1.29 bits per heavy atom. The van der Waals surface area contributed by atoms with Crippen LogP contribution in [0.4, 0.5) is 13.2 Å². The van der Waals surface area contributed by atoms with E-state index in [9.17, 15) is 23.1 Å². The van der Waals surface area contributed by atoms with Crippen molar-refractivity contribution in [1.82, 2.24) is 5.32 Å². The fourth-order valence-corrected chi connectivity index (χ4v) is 8.46. The van der Waals surface area contributed by atoms with Gasteiger partial charge in [-0.3, -0.25) is 4.79 Å². The molecule has 3 fully saturated rings. The van der Waals surface area contributed by atoms with Crippen LogP contribution < -0.4 is 5.32 Å². The van der Waals surface area contributed by atoms with E-state index in [0.29, 0.717) is 17.9 Å². The number of benzene rings is 1. The lowest BCUT2D eigenvalue weighted by Crippen LogP contribution is -2.69. The summed E-state index contributed by atoms with van der Waals surface area (Å²) in [6, 6.07) is 8.39. The fraction of sp³-hybridized carbons (Fsp3) is 0.516. The molecular weight excluding hydrogens is 537 g/mol. The standard InChI is InChI=1S/C31H35F3N2O5/c1-4-14-36(2)15-13-29-21-11-8-12-25(29)40-27-26(29)20(17-22(21)36)23(37)18-30(27,39-3)35-28(38)24(41-31(32,33)34)16-19-9-6-5-7-10-19/h4-7,9-10,16,18,21-22,25,27H,1,8,11-15,17H2,2-3H3,(H-,35,37,38)/p+1/t21-,22+,25-,27?,29+,30?,36?/m0/s1. The lowest BCUT2D eigenvalue weighted by molar-refractivity contribution is -0.940. The van der Waals surface area contributed by atoms with Crippen molar-refractivity contribution >= 4 is 12.0 Å². The molecule has 0 radical (unpaired) electrons. The average Bonchev–Trinajstić information content (AvgIpc) is 3.27. The molecule has 1 aromatic rings. The number of halogens is 3. The number of quaternary nitrogens is 1. The Bertz CT molecular complexity index is 1340. The van der Waals surface area contributed by atoms with Crippen molar-refractivity contribution in [3.05, 3.63) is 77.3 Å². The number of allylic oxidation sites excluding steroid dienone is 1. The number of nitrogens with zero attached hydrogens (tertiary/aromatic N) is 1. The highest BCUT2D eigenvalue weighted by atomic mass is 19.4. The Hall–Kier alpha value is -3.08. The zero-order valence-electron chi connectivity index (χ0n) is 23.2. The second kappa shape index (κ2) is 9.74. The number of piperidine rings is 1. The molecule has 7 atom stereocenters. The van der Waals surface area contributed by atoms with E-state index in [2.05, 4.69) is 23.7 Å². The molecule has 2 saturated heterocycles. The second-order valence-electron chi connectivity index (χ2n) is 12.1. The van der Waals surface area contributed by atoms with Crippen molar-refractivity contribution in [2.75, 3.05) is 27.2 Å². The lowest BCUT2D eigenvalue weighted by Gasteiger charge is -2.61. The van der Waals surface area contributed by atoms with E-state index in [4.69, 9.17) is 9.47 Å². The normalized spacial score (nSPS) is 37.7. The molecule has 3 aliphatic carbocycles. The molecule has 2 bridgehead atoms. The van der Waals surface area contributed by atoms with E-state index in [0.717, 1.165) is 60.5 Å². The van der Waals surface area contributed by atoms with Crippen molar-refractivity contribution in [2.45, 2.75) is 62.4 Å². The molecule has 1 aromatic carbocycles. The van der Waals surface area contributed by atoms with Crippen LogP contribution in [-0.4, -0.2) is 73.1 Å². The summed E-state index contributed by atoms with van der Waals surface area (Å²) in [6.07, 6.45) is 2.66. The van der Waals surface area contributed by atoms with Gasteiger partial charge in [0.15, 0.2) is 11.5 Å². The maximum Gasteiger partial charge on any atom is 0.573 e. The largest absolute Gasteiger partial charge is 0.573 e. The number of rotatable bonds is 7. The van der Waals surface area contributed by atoms with Crippen LogP contribution >= 0.6 is 0 Å². The molecule has 1 saturated carbocycles. The number of carbonyl (C=O) groups is 1. The Balaban J connectivity index is 1.41. The van der Waals surface area contributed by atoms with Crippen LogP contribution in [0.25, 0.3) is 6.08 Å². The Morgan fingerprint density at radius 2 is 2.05 bits per heavy atom. The van der Waals surface area contributed by atoms with Gasteiger partial charge in [-0.15, -0.1) is 13.2 Å². The molecule has 3 unspecified atom stereocenters. The van der Waals surface area contributed by atoms with Gasteiger partial charge in [0.1, 0.15) is 11.9 Å². The molecule has 6 rings (SSSR count). The molecule has 41 heavy (non-hydrogen) atoms. The highest BCUT2D eigenvalue weighted by Crippen LogP contribution is 2.67. The molecule has 2 N–H and O–H groups in total. The van der Waals surface area contributed by atoms with Crippen molar-refractivity contribution < 1.29 is 41.8 Å². The molecule has 1 amide bonds. The predicted molar refractivity (Wildman–Crippen MR) is 145 cm³/mol. The van der Waals surface area contributed by atoms with E-state index < -0.39 is 29.9 Å². The number of likely N-dealkylation sites (N-methyl/N-ethyl adjacent to an activating group) is 1. The number of amides is 1. The van der Waals surface area contributed by atoms with Crippen molar-refractivity contribution in [2.24, 2.45) is 11.3 Å². The van der Waals surface area contributed by atoms with Crippen LogP contribution in [0.5, 0.6) is 0 Å². The first-order valence-electron chi connectivity index (χ1n) is 14.1. The minimum absolute atomic E-state index is 0.0339. The molecule has 7 nitrogen and oxygen atoms in total. The molecule has 2 aliphatic heterocycles. The number of aliphatic hydroxyl groups excluding tert-OH is 1. The van der Waals surface area contributed by atoms with E-state index in [-0.39, 0.29) is 23.3 Å². The maximum atomic E-state index is 13.5. The first-order valence-corrected chi connectivity index (χ1v) is 14.1. The van der Waals surface area contributed by atoms with E-state index in [1.165, 1.54) is 13.2 Å². The zero-order valence-corrected chi connectivity index (χ0v) is 23.2. The SMILES string of the molecule is C=CC[N+]1(C)CC[C@@]23C4=C5C[C@@H]1[C@@H]2CCC[C@@H]3OC4C(NC(=O)C(=Cc1ccccc1)OC(F)(F)F)(OC)C=C5O. The molecule has 10 heteroatoms. The summed E-state index contributed by atoms with van der Waals surface area (Å²) in [6.45, 7) is 5.73. The minimum Gasteiger partial charge on any atom is -0.508 e. The Kier molecular flexibility index (Phi) is 6.67. The number of hydrogen-bond acceptors (Lipinski definition) is 5. The van der Waals surface area contributed by atoms with Gasteiger partial charge in [-0.1, -0.05) is 43.3 Å². The fourth-order valence-electron chi connectivity index (χ4n) is 8.46. The molecule has 0 aromatic heterocycles. The molecule has 5 aliphatic rings. The van der Waals surface area contributed by atoms with Crippen molar-refractivity contribution in [1.29, 1.82) is 0 Å². The third-order valence-corrected chi connectivity index (χ3v) is 10.1. The predicted octanol–water partition coefficient (Wildman–Crippen LogP) is 5.14. The van der Waals surface area contributed by atoms with E-state index in [1.807, 2.05) is 6.08 Å². The number of carbonyl (C=O) groups excluding carboxylic acids is 1. The summed E-state index contributed by atoms with van der Waals surface area (Å²) < 4.78 is 57.8. The molecule has 1 spiro atoms. The van der Waals surface area contributed by atoms with Gasteiger partial charge in [-0.2, -0.15) is 0 Å². The van der Waals surface area contributed by atoms with Gasteiger partial charge in [-0.05, 0) is 36.1 Å². The topological polar surface area (TPSA) is 77.0 Å². The summed E-state index contributed by atoms with van der Waals surface area (Å²) in [7, 11) is 3.61. The number of methoxy groups -OCH3 is 1. The van der Waals surface area contributed by atoms with Crippen molar-refractivity contribution in [3.8, 4) is 0 Å². The van der Waals surface area contributed by atoms with E-state index in [1.54, 1.807) is 30.3 Å². The number of alkyl halides is 3. The van der Waals surface area contributed by atoms with Crippen LogP contribution in [0.3, 0.4) is 0 Å². The summed E-state index contributed by atoms with van der Waals surface area (Å²) in [4.78, 5) is 13.5. The van der Waals surface area contributed by atoms with Crippen LogP contribution in [-0.2, 0) is 19.0 Å². The van der Waals surface area contributed by atoms with Crippen LogP contribution in [0, 0.1) is 11.3 Å². The Labute approximate surface area is 237 Å². The number of nitrogens with one attached hydrogen (secondary N) is 1. The summed E-state index contributed by atoms with van der Waals surface area (Å²) >= 11 is 0. The summed E-state index contributed by atoms with van der Waals surface area (Å²) in [5, 5.41) is 14.1. The van der Waals surface area contributed by atoms with Gasteiger partial charge in [-0.25, -0.2) is 0 Å². The molecular formula is C31H36F3N2O5+. The van der Waals surface area contributed by atoms with Gasteiger partial charge >= 0.3 is 6.36 Å². The van der Waals surface area contributed by atoms with Crippen molar-refractivity contribution in [3.63, 3.8) is 0 Å². The first kappa shape index (κ1) is 28.1. The highest BCUT2D eigenvalue weighted by Gasteiger charge is 2.71. The highest BCUT2D eigenvalue weighted by molar-refractivity contribution is 5.96. The quantitative estimate of drug-likeness (QED) is 0.155. The van der Waals surface area contributed by atoms with E-state index >= 15 is 0 Å². The number of hydrogen-bond donors (Lipinski definition) is 2. The zero-order chi connectivity index (χ0) is 29.2. The summed E-state index contributed by atoms with van der Waals surface area (Å²) in [5.41, 5.74) is 0.0296. The van der Waals surface area contributed by atoms with Gasteiger partial charge < -0.3 is 29.1 Å². The van der Waals surface area contributed by atoms with Crippen LogP contribution in [0.1, 0.15) is 37.7 Å². The van der Waals surface area contributed by atoms with Gasteiger partial charge in [0.05, 0.1) is 32.3 Å². The monoisotopic (exact) mass is 573 g/mol. The van der Waals surface area contributed by atoms with Crippen LogP contribution in [0.2, 0.25) is 0 Å². The summed E-state index contributed by atoms with van der Waals surface area (Å²) in [5.74, 6) is -1.81. The smallest absolute Gasteiger partial charge is 0.508 e. The number of aliphatic hydroxyl groups is 1. The van der Waals surface area contributed by atoms with Gasteiger partial charge in [0, 0.05) is 42.9 Å². The minimum atomic E-state index is -5.10. The first-order chi connectivity index (χ1) is 19.5. The van der Waals surface area contributed by atoms with Gasteiger partial charge in [0.25, 0.3) is 5.91 Å². The number of likely N-dealkylation sites (tertiary alicyclic amines) is 1. The molecule has 2 heterocycles. The third-order valence-electron chi connectivity index (χ3n) is 10.1. The second-order valence-corrected chi connectivity index (χ2v) is 12.1. The average molecular weight is 574 g/mol.